The Labute approximate surface area is 104 Å². The standard InChI is InChI=1S/C13H21NO2S/c1-5-6-10(2)12-7-8-13(11(3)9-12)14-17(4,15)16/h7-10,14H,5-6H2,1-4H3. The van der Waals surface area contributed by atoms with Gasteiger partial charge in [0.2, 0.25) is 10.0 Å². The highest BCUT2D eigenvalue weighted by Gasteiger charge is 2.08. The van der Waals surface area contributed by atoms with Gasteiger partial charge in [0.05, 0.1) is 11.9 Å². The van der Waals surface area contributed by atoms with Crippen LogP contribution in [0, 0.1) is 6.92 Å². The summed E-state index contributed by atoms with van der Waals surface area (Å²) in [7, 11) is -3.19. The average Bonchev–Trinajstić information content (AvgIpc) is 2.19. The van der Waals surface area contributed by atoms with Gasteiger partial charge < -0.3 is 0 Å². The molecule has 0 spiro atoms. The summed E-state index contributed by atoms with van der Waals surface area (Å²) in [4.78, 5) is 0. The summed E-state index contributed by atoms with van der Waals surface area (Å²) in [6.45, 7) is 6.29. The second-order valence-corrected chi connectivity index (χ2v) is 6.39. The molecule has 1 aromatic rings. The van der Waals surface area contributed by atoms with Gasteiger partial charge in [0.1, 0.15) is 0 Å². The van der Waals surface area contributed by atoms with Crippen LogP contribution >= 0.6 is 0 Å². The van der Waals surface area contributed by atoms with Gasteiger partial charge in [-0.1, -0.05) is 32.4 Å². The fraction of sp³-hybridized carbons (Fsp3) is 0.538. The van der Waals surface area contributed by atoms with Gasteiger partial charge in [-0.05, 0) is 36.5 Å². The van der Waals surface area contributed by atoms with Crippen molar-refractivity contribution in [2.24, 2.45) is 0 Å². The lowest BCUT2D eigenvalue weighted by Crippen LogP contribution is -2.10. The van der Waals surface area contributed by atoms with Crippen LogP contribution < -0.4 is 4.72 Å². The Bertz CT molecular complexity index is 480. The minimum absolute atomic E-state index is 0.519. The SMILES string of the molecule is CCCC(C)c1ccc(NS(C)(=O)=O)c(C)c1. The molecule has 0 fully saturated rings. The van der Waals surface area contributed by atoms with E-state index in [1.54, 1.807) is 0 Å². The molecule has 0 heterocycles. The van der Waals surface area contributed by atoms with Crippen molar-refractivity contribution in [3.63, 3.8) is 0 Å². The summed E-state index contributed by atoms with van der Waals surface area (Å²) in [6, 6.07) is 5.91. The van der Waals surface area contributed by atoms with Gasteiger partial charge in [-0.25, -0.2) is 8.42 Å². The molecule has 1 atom stereocenters. The van der Waals surface area contributed by atoms with E-state index in [0.29, 0.717) is 11.6 Å². The molecule has 0 saturated heterocycles. The van der Waals surface area contributed by atoms with Crippen LogP contribution in [0.2, 0.25) is 0 Å². The zero-order chi connectivity index (χ0) is 13.1. The summed E-state index contributed by atoms with van der Waals surface area (Å²) in [5, 5.41) is 0. The minimum atomic E-state index is -3.19. The van der Waals surface area contributed by atoms with E-state index in [2.05, 4.69) is 24.6 Å². The Morgan fingerprint density at radius 2 is 2.00 bits per heavy atom. The summed E-state index contributed by atoms with van der Waals surface area (Å²) in [6.07, 6.45) is 3.47. The predicted octanol–water partition coefficient (Wildman–Crippen LogP) is 3.27. The normalized spacial score (nSPS) is 13.4. The molecule has 0 aliphatic carbocycles. The molecule has 1 unspecified atom stereocenters. The zero-order valence-corrected chi connectivity index (χ0v) is 11.8. The van der Waals surface area contributed by atoms with E-state index in [0.717, 1.165) is 18.4 Å². The fourth-order valence-electron chi connectivity index (χ4n) is 1.91. The molecule has 17 heavy (non-hydrogen) atoms. The second kappa shape index (κ2) is 5.54. The fourth-order valence-corrected chi connectivity index (χ4v) is 2.54. The van der Waals surface area contributed by atoms with E-state index >= 15 is 0 Å². The van der Waals surface area contributed by atoms with Crippen LogP contribution in [0.1, 0.15) is 43.7 Å². The lowest BCUT2D eigenvalue weighted by molar-refractivity contribution is 0.606. The van der Waals surface area contributed by atoms with Crippen LogP contribution in [0.3, 0.4) is 0 Å². The molecule has 0 radical (unpaired) electrons. The highest BCUT2D eigenvalue weighted by Crippen LogP contribution is 2.25. The molecule has 1 N–H and O–H groups in total. The van der Waals surface area contributed by atoms with Crippen LogP contribution in [-0.2, 0) is 10.0 Å². The van der Waals surface area contributed by atoms with Gasteiger partial charge >= 0.3 is 0 Å². The Kier molecular flexibility index (Phi) is 4.57. The van der Waals surface area contributed by atoms with Gasteiger partial charge in [0.25, 0.3) is 0 Å². The number of aryl methyl sites for hydroxylation is 1. The quantitative estimate of drug-likeness (QED) is 0.877. The van der Waals surface area contributed by atoms with Crippen molar-refractivity contribution in [2.75, 3.05) is 11.0 Å². The molecule has 96 valence electrons. The first-order valence-corrected chi connectivity index (χ1v) is 7.81. The van der Waals surface area contributed by atoms with Gasteiger partial charge in [0, 0.05) is 0 Å². The van der Waals surface area contributed by atoms with Crippen LogP contribution in [0.5, 0.6) is 0 Å². The first-order chi connectivity index (χ1) is 7.83. The van der Waals surface area contributed by atoms with Crippen molar-refractivity contribution in [2.45, 2.75) is 39.5 Å². The van der Waals surface area contributed by atoms with Gasteiger partial charge in [-0.15, -0.1) is 0 Å². The molecule has 0 saturated carbocycles. The van der Waals surface area contributed by atoms with Gasteiger partial charge in [-0.2, -0.15) is 0 Å². The maximum absolute atomic E-state index is 11.2. The summed E-state index contributed by atoms with van der Waals surface area (Å²) in [5.74, 6) is 0.519. The number of rotatable bonds is 5. The molecule has 3 nitrogen and oxygen atoms in total. The average molecular weight is 255 g/mol. The zero-order valence-electron chi connectivity index (χ0n) is 10.9. The van der Waals surface area contributed by atoms with E-state index in [-0.39, 0.29) is 0 Å². The maximum Gasteiger partial charge on any atom is 0.229 e. The third-order valence-corrected chi connectivity index (χ3v) is 3.43. The van der Waals surface area contributed by atoms with E-state index in [9.17, 15) is 8.42 Å². The van der Waals surface area contributed by atoms with E-state index < -0.39 is 10.0 Å². The topological polar surface area (TPSA) is 46.2 Å². The molecule has 4 heteroatoms. The third-order valence-electron chi connectivity index (χ3n) is 2.84. The molecular formula is C13H21NO2S. The molecule has 0 aliphatic rings. The van der Waals surface area contributed by atoms with Crippen LogP contribution in [0.4, 0.5) is 5.69 Å². The van der Waals surface area contributed by atoms with Gasteiger partial charge in [-0.3, -0.25) is 4.72 Å². The van der Waals surface area contributed by atoms with Crippen LogP contribution in [-0.4, -0.2) is 14.7 Å². The summed E-state index contributed by atoms with van der Waals surface area (Å²) >= 11 is 0. The Hall–Kier alpha value is -1.03. The van der Waals surface area contributed by atoms with Crippen molar-refractivity contribution < 1.29 is 8.42 Å². The summed E-state index contributed by atoms with van der Waals surface area (Å²) in [5.41, 5.74) is 2.90. The van der Waals surface area contributed by atoms with Crippen molar-refractivity contribution in [3.8, 4) is 0 Å². The molecule has 0 amide bonds. The number of hydrogen-bond donors (Lipinski definition) is 1. The largest absolute Gasteiger partial charge is 0.284 e. The van der Waals surface area contributed by atoms with Crippen molar-refractivity contribution in [1.29, 1.82) is 0 Å². The first-order valence-electron chi connectivity index (χ1n) is 5.92. The number of sulfonamides is 1. The predicted molar refractivity (Wildman–Crippen MR) is 73.0 cm³/mol. The van der Waals surface area contributed by atoms with E-state index in [1.807, 2.05) is 19.1 Å². The molecule has 0 bridgehead atoms. The lowest BCUT2D eigenvalue weighted by atomic mass is 9.95. The summed E-state index contributed by atoms with van der Waals surface area (Å²) < 4.78 is 24.8. The molecular weight excluding hydrogens is 234 g/mol. The number of anilines is 1. The highest BCUT2D eigenvalue weighted by atomic mass is 32.2. The van der Waals surface area contributed by atoms with Crippen molar-refractivity contribution in [1.82, 2.24) is 0 Å². The van der Waals surface area contributed by atoms with Crippen molar-refractivity contribution in [3.05, 3.63) is 29.3 Å². The Morgan fingerprint density at radius 1 is 1.35 bits per heavy atom. The van der Waals surface area contributed by atoms with Crippen LogP contribution in [0.25, 0.3) is 0 Å². The third kappa shape index (κ3) is 4.38. The highest BCUT2D eigenvalue weighted by molar-refractivity contribution is 7.92. The Balaban J connectivity index is 2.94. The monoisotopic (exact) mass is 255 g/mol. The molecule has 1 rings (SSSR count). The molecule has 0 aromatic heterocycles. The van der Waals surface area contributed by atoms with E-state index in [4.69, 9.17) is 0 Å². The second-order valence-electron chi connectivity index (χ2n) is 4.64. The smallest absolute Gasteiger partial charge is 0.229 e. The maximum atomic E-state index is 11.2. The van der Waals surface area contributed by atoms with Crippen molar-refractivity contribution >= 4 is 15.7 Å². The lowest BCUT2D eigenvalue weighted by Gasteiger charge is -2.14. The minimum Gasteiger partial charge on any atom is -0.284 e. The van der Waals surface area contributed by atoms with Gasteiger partial charge in [0.15, 0.2) is 0 Å². The van der Waals surface area contributed by atoms with E-state index in [1.165, 1.54) is 11.8 Å². The van der Waals surface area contributed by atoms with Crippen LogP contribution in [0.15, 0.2) is 18.2 Å². The number of hydrogen-bond acceptors (Lipinski definition) is 2. The first kappa shape index (κ1) is 14.0. The number of nitrogens with one attached hydrogen (secondary N) is 1. The molecule has 0 aliphatic heterocycles. The Morgan fingerprint density at radius 3 is 2.47 bits per heavy atom. The molecule has 1 aromatic carbocycles. The number of benzene rings is 1.